The second kappa shape index (κ2) is 6.97. The topological polar surface area (TPSA) is 116 Å². The molecule has 8 heteroatoms. The Hall–Kier alpha value is -3.39. The van der Waals surface area contributed by atoms with E-state index in [0.717, 1.165) is 12.8 Å². The molecule has 2 aromatic rings. The molecule has 1 N–H and O–H groups in total. The van der Waals surface area contributed by atoms with E-state index in [1.807, 2.05) is 0 Å². The van der Waals surface area contributed by atoms with Crippen molar-refractivity contribution in [3.63, 3.8) is 0 Å². The van der Waals surface area contributed by atoms with Crippen molar-refractivity contribution in [2.24, 2.45) is 0 Å². The summed E-state index contributed by atoms with van der Waals surface area (Å²) in [6, 6.07) is 8.69. The highest BCUT2D eigenvalue weighted by atomic mass is 16.6. The number of amides is 1. The summed E-state index contributed by atoms with van der Waals surface area (Å²) in [4.78, 5) is 49.2. The van der Waals surface area contributed by atoms with Gasteiger partial charge in [0.1, 0.15) is 11.1 Å². The molecule has 1 atom stereocenters. The molecule has 0 spiro atoms. The first kappa shape index (κ1) is 18.0. The highest BCUT2D eigenvalue weighted by Crippen LogP contribution is 2.35. The Kier molecular flexibility index (Phi) is 4.48. The van der Waals surface area contributed by atoms with Crippen LogP contribution in [-0.4, -0.2) is 41.7 Å². The molecule has 8 nitrogen and oxygen atoms in total. The van der Waals surface area contributed by atoms with Crippen LogP contribution in [0.3, 0.4) is 0 Å². The number of rotatable bonds is 4. The lowest BCUT2D eigenvalue weighted by molar-refractivity contribution is -0.385. The van der Waals surface area contributed by atoms with Crippen molar-refractivity contribution in [1.82, 2.24) is 5.32 Å². The maximum atomic E-state index is 12.9. The van der Waals surface area contributed by atoms with Crippen LogP contribution in [0.4, 0.5) is 5.69 Å². The van der Waals surface area contributed by atoms with E-state index in [-0.39, 0.29) is 40.5 Å². The van der Waals surface area contributed by atoms with Crippen LogP contribution in [-0.2, 0) is 4.74 Å². The molecule has 1 fully saturated rings. The zero-order chi connectivity index (χ0) is 19.8. The molecule has 2 aromatic carbocycles. The quantitative estimate of drug-likeness (QED) is 0.548. The Morgan fingerprint density at radius 3 is 2.46 bits per heavy atom. The smallest absolute Gasteiger partial charge is 0.294 e. The Balaban J connectivity index is 1.76. The monoisotopic (exact) mass is 380 g/mol. The number of hydrogen-bond donors (Lipinski definition) is 1. The van der Waals surface area contributed by atoms with Gasteiger partial charge in [-0.1, -0.05) is 24.3 Å². The molecule has 2 aliphatic rings. The maximum Gasteiger partial charge on any atom is 0.294 e. The largest absolute Gasteiger partial charge is 0.376 e. The predicted octanol–water partition coefficient (Wildman–Crippen LogP) is 2.28. The number of carbonyl (C=O) groups excluding carboxylic acids is 3. The third-order valence-electron chi connectivity index (χ3n) is 5.01. The zero-order valence-corrected chi connectivity index (χ0v) is 14.8. The number of nitrogens with one attached hydrogen (secondary N) is 1. The van der Waals surface area contributed by atoms with Crippen LogP contribution in [0.1, 0.15) is 55.0 Å². The Labute approximate surface area is 159 Å². The number of nitro groups is 1. The first-order valence-corrected chi connectivity index (χ1v) is 8.88. The van der Waals surface area contributed by atoms with Gasteiger partial charge in [-0.05, 0) is 25.0 Å². The number of hydrogen-bond acceptors (Lipinski definition) is 6. The van der Waals surface area contributed by atoms with Crippen molar-refractivity contribution in [2.75, 3.05) is 13.2 Å². The summed E-state index contributed by atoms with van der Waals surface area (Å²) in [6.07, 6.45) is 1.57. The van der Waals surface area contributed by atoms with Gasteiger partial charge in [-0.15, -0.1) is 0 Å². The maximum absolute atomic E-state index is 12.9. The minimum Gasteiger partial charge on any atom is -0.376 e. The van der Waals surface area contributed by atoms with Crippen LogP contribution in [0.2, 0.25) is 0 Å². The van der Waals surface area contributed by atoms with Crippen molar-refractivity contribution in [3.05, 3.63) is 74.3 Å². The molecule has 1 aliphatic carbocycles. The molecule has 1 saturated heterocycles. The van der Waals surface area contributed by atoms with Crippen LogP contribution < -0.4 is 5.32 Å². The van der Waals surface area contributed by atoms with Gasteiger partial charge in [0.25, 0.3) is 11.6 Å². The zero-order valence-electron chi connectivity index (χ0n) is 14.8. The molecule has 4 rings (SSSR count). The normalized spacial score (nSPS) is 17.8. The molecular weight excluding hydrogens is 364 g/mol. The second-order valence-electron chi connectivity index (χ2n) is 6.69. The summed E-state index contributed by atoms with van der Waals surface area (Å²) in [5.74, 6) is -1.78. The molecule has 0 saturated carbocycles. The summed E-state index contributed by atoms with van der Waals surface area (Å²) >= 11 is 0. The van der Waals surface area contributed by atoms with E-state index >= 15 is 0 Å². The van der Waals surface area contributed by atoms with E-state index in [1.54, 1.807) is 12.1 Å². The van der Waals surface area contributed by atoms with E-state index < -0.39 is 28.1 Å². The molecule has 0 bridgehead atoms. The van der Waals surface area contributed by atoms with Gasteiger partial charge in [-0.3, -0.25) is 24.5 Å². The van der Waals surface area contributed by atoms with Gasteiger partial charge in [0.05, 0.1) is 11.0 Å². The van der Waals surface area contributed by atoms with Crippen molar-refractivity contribution in [1.29, 1.82) is 0 Å². The average molecular weight is 380 g/mol. The van der Waals surface area contributed by atoms with Crippen LogP contribution >= 0.6 is 0 Å². The lowest BCUT2D eigenvalue weighted by Gasteiger charge is -2.18. The molecule has 28 heavy (non-hydrogen) atoms. The Morgan fingerprint density at radius 2 is 1.82 bits per heavy atom. The number of nitrogens with zero attached hydrogens (tertiary/aromatic N) is 1. The highest BCUT2D eigenvalue weighted by molar-refractivity contribution is 6.30. The lowest BCUT2D eigenvalue weighted by atomic mass is 9.82. The van der Waals surface area contributed by atoms with Gasteiger partial charge in [-0.25, -0.2) is 0 Å². The summed E-state index contributed by atoms with van der Waals surface area (Å²) < 4.78 is 5.43. The number of ketones is 2. The van der Waals surface area contributed by atoms with Crippen molar-refractivity contribution in [3.8, 4) is 0 Å². The first-order chi connectivity index (χ1) is 13.5. The summed E-state index contributed by atoms with van der Waals surface area (Å²) in [5, 5.41) is 14.4. The summed E-state index contributed by atoms with van der Waals surface area (Å²) in [5.41, 5.74) is -0.994. The van der Waals surface area contributed by atoms with Gasteiger partial charge in [0.2, 0.25) is 5.78 Å². The molecule has 1 heterocycles. The van der Waals surface area contributed by atoms with Crippen LogP contribution in [0.5, 0.6) is 0 Å². The minimum atomic E-state index is -0.779. The van der Waals surface area contributed by atoms with Crippen LogP contribution in [0.25, 0.3) is 0 Å². The Bertz CT molecular complexity index is 1020. The fourth-order valence-electron chi connectivity index (χ4n) is 3.65. The van der Waals surface area contributed by atoms with Crippen LogP contribution in [0, 0.1) is 10.1 Å². The molecule has 0 unspecified atom stereocenters. The van der Waals surface area contributed by atoms with Crippen molar-refractivity contribution in [2.45, 2.75) is 18.9 Å². The number of ether oxygens (including phenoxy) is 1. The van der Waals surface area contributed by atoms with E-state index in [2.05, 4.69) is 5.32 Å². The summed E-state index contributed by atoms with van der Waals surface area (Å²) in [6.45, 7) is 0.846. The third-order valence-corrected chi connectivity index (χ3v) is 5.01. The number of carbonyl (C=O) groups is 3. The number of fused-ring (bicyclic) bond motifs is 2. The first-order valence-electron chi connectivity index (χ1n) is 8.88. The van der Waals surface area contributed by atoms with E-state index in [9.17, 15) is 24.5 Å². The third kappa shape index (κ3) is 2.87. The van der Waals surface area contributed by atoms with Gasteiger partial charge in [0.15, 0.2) is 5.78 Å². The molecule has 142 valence electrons. The summed E-state index contributed by atoms with van der Waals surface area (Å²) in [7, 11) is 0. The van der Waals surface area contributed by atoms with Crippen LogP contribution in [0.15, 0.2) is 36.4 Å². The minimum absolute atomic E-state index is 0.0638. The van der Waals surface area contributed by atoms with E-state index in [1.165, 1.54) is 24.3 Å². The van der Waals surface area contributed by atoms with Crippen molar-refractivity contribution < 1.29 is 24.0 Å². The number of nitro benzene ring substituents is 1. The lowest BCUT2D eigenvalue weighted by Crippen LogP contribution is -2.33. The fourth-order valence-corrected chi connectivity index (χ4v) is 3.65. The molecule has 1 amide bonds. The second-order valence-corrected chi connectivity index (χ2v) is 6.69. The SMILES string of the molecule is O=C1c2ccccc2C(=O)c2c1ccc(C(=O)NC[C@@H]1CCCO1)c2[N+](=O)[O-]. The average Bonchev–Trinajstić information content (AvgIpc) is 3.22. The molecular formula is C20H16N2O6. The van der Waals surface area contributed by atoms with Gasteiger partial charge >= 0.3 is 0 Å². The standard InChI is InChI=1S/C20H16N2O6/c23-18-12-5-1-2-6-13(12)19(24)16-14(18)7-8-15(17(16)22(26)27)20(25)21-10-11-4-3-9-28-11/h1-2,5-8,11H,3-4,9-10H2,(H,21,25)/t11-/m0/s1. The van der Waals surface area contributed by atoms with Gasteiger partial charge in [-0.2, -0.15) is 0 Å². The molecule has 0 aromatic heterocycles. The molecule has 0 radical (unpaired) electrons. The van der Waals surface area contributed by atoms with Crippen molar-refractivity contribution >= 4 is 23.2 Å². The molecule has 1 aliphatic heterocycles. The fraction of sp³-hybridized carbons (Fsp3) is 0.250. The number of benzene rings is 2. The predicted molar refractivity (Wildman–Crippen MR) is 97.7 cm³/mol. The Morgan fingerprint density at radius 1 is 1.11 bits per heavy atom. The van der Waals surface area contributed by atoms with E-state index in [0.29, 0.717) is 6.61 Å². The van der Waals surface area contributed by atoms with Gasteiger partial charge < -0.3 is 10.1 Å². The van der Waals surface area contributed by atoms with E-state index in [4.69, 9.17) is 4.74 Å². The van der Waals surface area contributed by atoms with Gasteiger partial charge in [0, 0.05) is 29.8 Å². The highest BCUT2D eigenvalue weighted by Gasteiger charge is 2.38.